The van der Waals surface area contributed by atoms with Crippen molar-refractivity contribution in [2.45, 2.75) is 58.0 Å². The van der Waals surface area contributed by atoms with Gasteiger partial charge in [0.15, 0.2) is 0 Å². The Morgan fingerprint density at radius 3 is 2.89 bits per heavy atom. The van der Waals surface area contributed by atoms with Gasteiger partial charge in [0.05, 0.1) is 24.9 Å². The molecule has 0 bridgehead atoms. The van der Waals surface area contributed by atoms with E-state index in [0.717, 1.165) is 36.2 Å². The monoisotopic (exact) mass is 481 g/mol. The first-order valence-electron chi connectivity index (χ1n) is 11.9. The highest BCUT2D eigenvalue weighted by molar-refractivity contribution is 6.03. The van der Waals surface area contributed by atoms with Crippen molar-refractivity contribution in [2.75, 3.05) is 18.1 Å². The zero-order valence-electron chi connectivity index (χ0n) is 20.1. The molecule has 0 aromatic carbocycles. The lowest BCUT2D eigenvalue weighted by atomic mass is 9.95. The molecule has 3 heterocycles. The van der Waals surface area contributed by atoms with Gasteiger partial charge in [-0.15, -0.1) is 0 Å². The number of piperidine rings is 1. The molecule has 1 unspecified atom stereocenters. The molecule has 0 saturated carbocycles. The van der Waals surface area contributed by atoms with E-state index in [9.17, 15) is 9.18 Å². The Bertz CT molecular complexity index is 1060. The van der Waals surface area contributed by atoms with E-state index in [1.54, 1.807) is 18.5 Å². The number of anilines is 1. The van der Waals surface area contributed by atoms with E-state index >= 15 is 0 Å². The summed E-state index contributed by atoms with van der Waals surface area (Å²) < 4.78 is 20.1. The molecule has 3 rings (SSSR count). The van der Waals surface area contributed by atoms with Crippen molar-refractivity contribution in [3.8, 4) is 5.75 Å². The summed E-state index contributed by atoms with van der Waals surface area (Å²) in [6.45, 7) is 7.14. The molecule has 8 nitrogen and oxygen atoms in total. The molecule has 35 heavy (non-hydrogen) atoms. The first-order chi connectivity index (χ1) is 17.0. The van der Waals surface area contributed by atoms with Crippen molar-refractivity contribution in [1.29, 1.82) is 0 Å². The lowest BCUT2D eigenvalue weighted by Crippen LogP contribution is -2.43. The topological polar surface area (TPSA) is 100 Å². The highest BCUT2D eigenvalue weighted by Gasteiger charge is 2.29. The molecule has 0 radical (unpaired) electrons. The highest BCUT2D eigenvalue weighted by Crippen LogP contribution is 2.29. The fourth-order valence-corrected chi connectivity index (χ4v) is 4.02. The number of rotatable bonds is 12. The SMILES string of the molecule is C=N/C=C1\C(=N/Cc2ccccn2)CCN(c2cc(OCCCCCCC(=O)O)cc(F)n2)C1C. The second-order valence-electron chi connectivity index (χ2n) is 8.36. The average Bonchev–Trinajstić information content (AvgIpc) is 2.84. The van der Waals surface area contributed by atoms with Crippen LogP contribution < -0.4 is 9.64 Å². The van der Waals surface area contributed by atoms with E-state index in [2.05, 4.69) is 21.7 Å². The lowest BCUT2D eigenvalue weighted by Gasteiger charge is -2.37. The third kappa shape index (κ3) is 7.98. The van der Waals surface area contributed by atoms with Crippen LogP contribution in [0.15, 0.2) is 58.3 Å². The molecule has 186 valence electrons. The van der Waals surface area contributed by atoms with Crippen molar-refractivity contribution in [3.05, 3.63) is 59.9 Å². The van der Waals surface area contributed by atoms with E-state index in [4.69, 9.17) is 14.8 Å². The van der Waals surface area contributed by atoms with Gasteiger partial charge < -0.3 is 14.7 Å². The van der Waals surface area contributed by atoms with Crippen LogP contribution in [0.2, 0.25) is 0 Å². The van der Waals surface area contributed by atoms with Crippen molar-refractivity contribution in [1.82, 2.24) is 9.97 Å². The smallest absolute Gasteiger partial charge is 0.303 e. The van der Waals surface area contributed by atoms with E-state index in [1.165, 1.54) is 6.07 Å². The van der Waals surface area contributed by atoms with Crippen molar-refractivity contribution in [2.24, 2.45) is 9.98 Å². The van der Waals surface area contributed by atoms with E-state index in [1.807, 2.05) is 30.0 Å². The number of carboxylic acid groups (broad SMARTS) is 1. The Balaban J connectivity index is 1.64. The second kappa shape index (κ2) is 13.3. The number of unbranched alkanes of at least 4 members (excludes halogenated alkanes) is 3. The van der Waals surface area contributed by atoms with Crippen LogP contribution in [0.3, 0.4) is 0 Å². The molecular weight excluding hydrogens is 449 g/mol. The molecule has 1 aliphatic rings. The Labute approximate surface area is 205 Å². The molecule has 1 N–H and O–H groups in total. The van der Waals surface area contributed by atoms with Gasteiger partial charge in [-0.3, -0.25) is 19.8 Å². The predicted molar refractivity (Wildman–Crippen MR) is 135 cm³/mol. The molecule has 9 heteroatoms. The number of hydrogen-bond donors (Lipinski definition) is 1. The van der Waals surface area contributed by atoms with Crippen LogP contribution in [0.25, 0.3) is 0 Å². The third-order valence-corrected chi connectivity index (χ3v) is 5.83. The third-order valence-electron chi connectivity index (χ3n) is 5.83. The summed E-state index contributed by atoms with van der Waals surface area (Å²) in [6.07, 6.45) is 7.40. The Hall–Kier alpha value is -3.62. The number of carbonyl (C=O) groups is 1. The van der Waals surface area contributed by atoms with Crippen LogP contribution in [0, 0.1) is 5.95 Å². The molecule has 0 amide bonds. The largest absolute Gasteiger partial charge is 0.493 e. The molecule has 1 saturated heterocycles. The zero-order chi connectivity index (χ0) is 25.0. The summed E-state index contributed by atoms with van der Waals surface area (Å²) in [4.78, 5) is 29.8. The number of ether oxygens (including phenoxy) is 1. The normalized spacial score (nSPS) is 18.1. The summed E-state index contributed by atoms with van der Waals surface area (Å²) >= 11 is 0. The fourth-order valence-electron chi connectivity index (χ4n) is 4.02. The van der Waals surface area contributed by atoms with Crippen LogP contribution in [-0.4, -0.2) is 52.7 Å². The zero-order valence-corrected chi connectivity index (χ0v) is 20.1. The molecule has 2 aromatic heterocycles. The number of aliphatic carboxylic acids is 1. The predicted octanol–water partition coefficient (Wildman–Crippen LogP) is 4.85. The quantitative estimate of drug-likeness (QED) is 0.264. The van der Waals surface area contributed by atoms with Gasteiger partial charge in [-0.1, -0.05) is 18.9 Å². The molecular formula is C26H32FN5O3. The Morgan fingerprint density at radius 2 is 2.14 bits per heavy atom. The molecule has 0 spiro atoms. The van der Waals surface area contributed by atoms with Crippen LogP contribution in [-0.2, 0) is 11.3 Å². The highest BCUT2D eigenvalue weighted by atomic mass is 19.1. The maximum Gasteiger partial charge on any atom is 0.303 e. The van der Waals surface area contributed by atoms with Crippen molar-refractivity contribution < 1.29 is 19.0 Å². The lowest BCUT2D eigenvalue weighted by molar-refractivity contribution is -0.137. The molecule has 0 aliphatic carbocycles. The van der Waals surface area contributed by atoms with E-state index < -0.39 is 11.9 Å². The van der Waals surface area contributed by atoms with Gasteiger partial charge in [0.25, 0.3) is 0 Å². The summed E-state index contributed by atoms with van der Waals surface area (Å²) in [5, 5.41) is 8.69. The average molecular weight is 482 g/mol. The first kappa shape index (κ1) is 26.0. The maximum atomic E-state index is 14.3. The minimum atomic E-state index is -0.776. The number of hydrogen-bond acceptors (Lipinski definition) is 7. The van der Waals surface area contributed by atoms with Crippen molar-refractivity contribution in [3.63, 3.8) is 0 Å². The minimum absolute atomic E-state index is 0.131. The molecule has 1 atom stereocenters. The molecule has 1 aliphatic heterocycles. The van der Waals surface area contributed by atoms with Gasteiger partial charge in [0.1, 0.15) is 11.6 Å². The van der Waals surface area contributed by atoms with Gasteiger partial charge in [0, 0.05) is 55.2 Å². The Morgan fingerprint density at radius 1 is 1.31 bits per heavy atom. The number of aliphatic imine (C=N–C) groups is 2. The molecule has 1 fully saturated rings. The summed E-state index contributed by atoms with van der Waals surface area (Å²) in [6, 6.07) is 8.64. The van der Waals surface area contributed by atoms with Gasteiger partial charge in [0.2, 0.25) is 5.95 Å². The van der Waals surface area contributed by atoms with Crippen LogP contribution in [0.1, 0.15) is 51.1 Å². The van der Waals surface area contributed by atoms with Crippen LogP contribution in [0.4, 0.5) is 10.2 Å². The minimum Gasteiger partial charge on any atom is -0.493 e. The number of carboxylic acids is 1. The number of pyridine rings is 2. The standard InChI is InChI=1S/C26H32FN5O3/c1-19-22(18-28-2)23(30-17-20-9-6-7-12-29-20)11-13-32(19)25-16-21(15-24(27)31-25)35-14-8-4-3-5-10-26(33)34/h6-7,9,12,15-16,18-19H,2-5,8,10-11,13-14,17H2,1H3,(H,33,34)/b22-18-,30-23-. The fraction of sp³-hybridized carbons (Fsp3) is 0.423. The number of halogens is 1. The van der Waals surface area contributed by atoms with Crippen LogP contribution in [0.5, 0.6) is 5.75 Å². The van der Waals surface area contributed by atoms with Crippen LogP contribution >= 0.6 is 0 Å². The Kier molecular flexibility index (Phi) is 9.89. The van der Waals surface area contributed by atoms with Gasteiger partial charge >= 0.3 is 5.97 Å². The van der Waals surface area contributed by atoms with Gasteiger partial charge in [-0.2, -0.15) is 4.39 Å². The summed E-state index contributed by atoms with van der Waals surface area (Å²) in [5.41, 5.74) is 2.73. The first-order valence-corrected chi connectivity index (χ1v) is 11.9. The van der Waals surface area contributed by atoms with Gasteiger partial charge in [-0.05, 0) is 38.6 Å². The number of nitrogens with zero attached hydrogens (tertiary/aromatic N) is 5. The summed E-state index contributed by atoms with van der Waals surface area (Å²) in [7, 11) is 0. The van der Waals surface area contributed by atoms with E-state index in [-0.39, 0.29) is 12.5 Å². The maximum absolute atomic E-state index is 14.3. The number of aromatic nitrogens is 2. The second-order valence-corrected chi connectivity index (χ2v) is 8.36. The molecule has 2 aromatic rings. The van der Waals surface area contributed by atoms with Gasteiger partial charge in [-0.25, -0.2) is 4.98 Å². The summed E-state index contributed by atoms with van der Waals surface area (Å²) in [5.74, 6) is -0.463. The van der Waals surface area contributed by atoms with Crippen molar-refractivity contribution >= 4 is 24.2 Å². The van der Waals surface area contributed by atoms with E-state index in [0.29, 0.717) is 44.1 Å².